The average Bonchev–Trinajstić information content (AvgIpc) is 2.43. The molecule has 6 heteroatoms. The maximum atomic E-state index is 5.34. The Morgan fingerprint density at radius 2 is 2.11 bits per heavy atom. The summed E-state index contributed by atoms with van der Waals surface area (Å²) in [6, 6.07) is 0.382. The van der Waals surface area contributed by atoms with Crippen molar-refractivity contribution in [3.05, 3.63) is 20.6 Å². The van der Waals surface area contributed by atoms with Gasteiger partial charge in [-0.2, -0.15) is 0 Å². The van der Waals surface area contributed by atoms with Gasteiger partial charge in [-0.3, -0.25) is 9.80 Å². The van der Waals surface area contributed by atoms with E-state index in [0.29, 0.717) is 10.7 Å². The van der Waals surface area contributed by atoms with Gasteiger partial charge in [0.15, 0.2) is 0 Å². The Morgan fingerprint density at radius 1 is 1.39 bits per heavy atom. The Hall–Kier alpha value is -0.300. The van der Waals surface area contributed by atoms with E-state index in [0.717, 1.165) is 42.0 Å². The van der Waals surface area contributed by atoms with Crippen molar-refractivity contribution in [2.24, 2.45) is 0 Å². The number of rotatable bonds is 2. The van der Waals surface area contributed by atoms with Crippen LogP contribution >= 0.6 is 28.1 Å². The van der Waals surface area contributed by atoms with Gasteiger partial charge in [-0.25, -0.2) is 4.98 Å². The van der Waals surface area contributed by atoms with Gasteiger partial charge in [-0.15, -0.1) is 0 Å². The van der Waals surface area contributed by atoms with Gasteiger partial charge in [0.05, 0.1) is 10.5 Å². The van der Waals surface area contributed by atoms with E-state index in [2.05, 4.69) is 42.6 Å². The molecule has 0 aliphatic carbocycles. The minimum atomic E-state index is 0.382. The summed E-state index contributed by atoms with van der Waals surface area (Å²) in [6.07, 6.45) is 0.941. The van der Waals surface area contributed by atoms with Crippen LogP contribution in [0, 0.1) is 4.64 Å². The van der Waals surface area contributed by atoms with E-state index < -0.39 is 0 Å². The van der Waals surface area contributed by atoms with Gasteiger partial charge >= 0.3 is 0 Å². The zero-order chi connectivity index (χ0) is 12.7. The normalized spacial score (nSPS) is 30.7. The molecule has 1 N–H and O–H groups in total. The maximum absolute atomic E-state index is 5.34. The van der Waals surface area contributed by atoms with Gasteiger partial charge in [0.2, 0.25) is 0 Å². The highest BCUT2D eigenvalue weighted by molar-refractivity contribution is 9.10. The Kier molecular flexibility index (Phi) is 3.53. The Balaban J connectivity index is 1.97. The van der Waals surface area contributed by atoms with Crippen molar-refractivity contribution in [1.29, 1.82) is 0 Å². The third-order valence-electron chi connectivity index (χ3n) is 3.90. The van der Waals surface area contributed by atoms with Crippen LogP contribution in [-0.4, -0.2) is 52.5 Å². The molecule has 2 bridgehead atoms. The summed E-state index contributed by atoms with van der Waals surface area (Å²) in [5, 5.41) is 0. The molecular formula is C12H17BrN4S. The predicted octanol–water partition coefficient (Wildman–Crippen LogP) is 2.14. The molecule has 18 heavy (non-hydrogen) atoms. The minimum absolute atomic E-state index is 0.382. The fourth-order valence-corrected chi connectivity index (χ4v) is 3.49. The molecule has 0 radical (unpaired) electrons. The van der Waals surface area contributed by atoms with Crippen LogP contribution in [0.2, 0.25) is 0 Å². The predicted molar refractivity (Wildman–Crippen MR) is 77.3 cm³/mol. The highest BCUT2D eigenvalue weighted by Gasteiger charge is 2.34. The third kappa shape index (κ3) is 2.15. The molecule has 0 saturated carbocycles. The lowest BCUT2D eigenvalue weighted by molar-refractivity contribution is 0.00850. The van der Waals surface area contributed by atoms with E-state index in [1.54, 1.807) is 0 Å². The second kappa shape index (κ2) is 5.00. The molecule has 3 aliphatic rings. The van der Waals surface area contributed by atoms with Gasteiger partial charge in [0.25, 0.3) is 0 Å². The summed E-state index contributed by atoms with van der Waals surface area (Å²) >= 11 is 8.86. The number of hydrogen-bond acceptors (Lipinski definition) is 4. The molecule has 4 heterocycles. The molecule has 3 saturated heterocycles. The molecule has 1 aromatic rings. The van der Waals surface area contributed by atoms with Gasteiger partial charge in [0, 0.05) is 38.4 Å². The number of H-pyrrole nitrogens is 1. The van der Waals surface area contributed by atoms with Crippen molar-refractivity contribution < 1.29 is 0 Å². The molecule has 98 valence electrons. The number of nitrogens with one attached hydrogen (secondary N) is 1. The molecule has 1 aromatic heterocycles. The molecule has 4 rings (SSSR count). The number of fused-ring (bicyclic) bond motifs is 3. The van der Waals surface area contributed by atoms with Crippen LogP contribution in [0.15, 0.2) is 4.47 Å². The monoisotopic (exact) mass is 328 g/mol. The van der Waals surface area contributed by atoms with E-state index in [1.165, 1.54) is 13.1 Å². The van der Waals surface area contributed by atoms with Gasteiger partial charge in [-0.1, -0.05) is 19.1 Å². The first-order valence-corrected chi connectivity index (χ1v) is 7.64. The summed E-state index contributed by atoms with van der Waals surface area (Å²) in [7, 11) is 0. The van der Waals surface area contributed by atoms with Crippen LogP contribution in [0.1, 0.15) is 24.5 Å². The van der Waals surface area contributed by atoms with Gasteiger partial charge in [0.1, 0.15) is 10.5 Å². The SMILES string of the molecule is CCc1[nH]c(C2CN3CCN2CC3)nc(=S)c1Br. The molecule has 0 aromatic carbocycles. The number of hydrogen-bond donors (Lipinski definition) is 1. The molecule has 1 unspecified atom stereocenters. The Morgan fingerprint density at radius 3 is 2.67 bits per heavy atom. The quantitative estimate of drug-likeness (QED) is 0.843. The number of aromatic amines is 1. The van der Waals surface area contributed by atoms with Gasteiger partial charge < -0.3 is 4.98 Å². The number of nitrogens with zero attached hydrogens (tertiary/aromatic N) is 3. The fraction of sp³-hybridized carbons (Fsp3) is 0.667. The van der Waals surface area contributed by atoms with Crippen molar-refractivity contribution in [1.82, 2.24) is 19.8 Å². The number of aryl methyl sites for hydroxylation is 1. The van der Waals surface area contributed by atoms with Crippen molar-refractivity contribution in [2.45, 2.75) is 19.4 Å². The average molecular weight is 329 g/mol. The van der Waals surface area contributed by atoms with Crippen LogP contribution in [0.3, 0.4) is 0 Å². The first-order chi connectivity index (χ1) is 8.69. The highest BCUT2D eigenvalue weighted by atomic mass is 79.9. The molecule has 3 fully saturated rings. The van der Waals surface area contributed by atoms with Crippen LogP contribution in [0.4, 0.5) is 0 Å². The van der Waals surface area contributed by atoms with Crippen LogP contribution < -0.4 is 0 Å². The number of piperazine rings is 3. The first kappa shape index (κ1) is 12.7. The van der Waals surface area contributed by atoms with Gasteiger partial charge in [-0.05, 0) is 22.4 Å². The summed E-state index contributed by atoms with van der Waals surface area (Å²) in [5.74, 6) is 1.03. The molecule has 3 aliphatic heterocycles. The van der Waals surface area contributed by atoms with Crippen LogP contribution in [0.25, 0.3) is 0 Å². The molecule has 0 amide bonds. The van der Waals surface area contributed by atoms with E-state index in [-0.39, 0.29) is 0 Å². The number of aromatic nitrogens is 2. The maximum Gasteiger partial charge on any atom is 0.144 e. The van der Waals surface area contributed by atoms with Crippen molar-refractivity contribution in [3.8, 4) is 0 Å². The molecule has 1 atom stereocenters. The smallest absolute Gasteiger partial charge is 0.144 e. The third-order valence-corrected chi connectivity index (χ3v) is 5.31. The Bertz CT molecular complexity index is 507. The van der Waals surface area contributed by atoms with E-state index in [9.17, 15) is 0 Å². The van der Waals surface area contributed by atoms with Crippen LogP contribution in [0.5, 0.6) is 0 Å². The summed E-state index contributed by atoms with van der Waals surface area (Å²) < 4.78 is 1.62. The van der Waals surface area contributed by atoms with E-state index in [4.69, 9.17) is 12.2 Å². The summed E-state index contributed by atoms with van der Waals surface area (Å²) in [5.41, 5.74) is 1.16. The van der Waals surface area contributed by atoms with E-state index >= 15 is 0 Å². The highest BCUT2D eigenvalue weighted by Crippen LogP contribution is 2.28. The fourth-order valence-electron chi connectivity index (χ4n) is 2.80. The second-order valence-electron chi connectivity index (χ2n) is 4.93. The summed E-state index contributed by atoms with van der Waals surface area (Å²) in [6.45, 7) is 7.87. The molecule has 0 spiro atoms. The van der Waals surface area contributed by atoms with E-state index in [1.807, 2.05) is 0 Å². The summed E-state index contributed by atoms with van der Waals surface area (Å²) in [4.78, 5) is 13.1. The van der Waals surface area contributed by atoms with Crippen LogP contribution in [-0.2, 0) is 6.42 Å². The standard InChI is InChI=1S/C12H17BrN4S/c1-2-8-10(13)12(18)15-11(14-8)9-7-16-3-5-17(9)6-4-16/h9H,2-7H2,1H3,(H,14,15,18). The lowest BCUT2D eigenvalue weighted by Gasteiger charge is -2.46. The van der Waals surface area contributed by atoms with Crippen molar-refractivity contribution in [2.75, 3.05) is 32.7 Å². The van der Waals surface area contributed by atoms with Crippen molar-refractivity contribution >= 4 is 28.1 Å². The Labute approximate surface area is 121 Å². The minimum Gasteiger partial charge on any atom is -0.345 e. The first-order valence-electron chi connectivity index (χ1n) is 6.44. The largest absolute Gasteiger partial charge is 0.345 e. The second-order valence-corrected chi connectivity index (χ2v) is 6.11. The zero-order valence-corrected chi connectivity index (χ0v) is 12.9. The lowest BCUT2D eigenvalue weighted by atomic mass is 10.1. The van der Waals surface area contributed by atoms with Crippen molar-refractivity contribution in [3.63, 3.8) is 0 Å². The topological polar surface area (TPSA) is 35.2 Å². The zero-order valence-electron chi connectivity index (χ0n) is 10.4. The lowest BCUT2D eigenvalue weighted by Crippen LogP contribution is -2.57. The molecular weight excluding hydrogens is 312 g/mol. The molecule has 4 nitrogen and oxygen atoms in total. The number of halogens is 1.